The first-order valence-corrected chi connectivity index (χ1v) is 8.94. The van der Waals surface area contributed by atoms with Crippen LogP contribution in [0, 0.1) is 13.8 Å². The molecule has 0 saturated heterocycles. The highest BCUT2D eigenvalue weighted by Gasteiger charge is 2.14. The largest absolute Gasteiger partial charge is 0.411 e. The Bertz CT molecular complexity index is 938. The average molecular weight is 367 g/mol. The molecule has 1 N–H and O–H groups in total. The van der Waals surface area contributed by atoms with Crippen LogP contribution in [-0.2, 0) is 4.79 Å². The summed E-state index contributed by atoms with van der Waals surface area (Å²) in [4.78, 5) is 23.8. The van der Waals surface area contributed by atoms with Gasteiger partial charge in [-0.05, 0) is 49.2 Å². The Labute approximate surface area is 155 Å². The van der Waals surface area contributed by atoms with Crippen molar-refractivity contribution < 1.29 is 14.0 Å². The Balaban J connectivity index is 1.57. The van der Waals surface area contributed by atoms with E-state index >= 15 is 0 Å². The molecule has 0 bridgehead atoms. The van der Waals surface area contributed by atoms with E-state index in [1.807, 2.05) is 32.0 Å². The highest BCUT2D eigenvalue weighted by atomic mass is 32.2. The van der Waals surface area contributed by atoms with Crippen molar-refractivity contribution in [3.63, 3.8) is 0 Å². The third-order valence-corrected chi connectivity index (χ3v) is 4.59. The van der Waals surface area contributed by atoms with Crippen molar-refractivity contribution in [3.05, 3.63) is 65.2 Å². The molecule has 0 saturated carbocycles. The third kappa shape index (κ3) is 4.37. The van der Waals surface area contributed by atoms with E-state index in [2.05, 4.69) is 15.5 Å². The SMILES string of the molecule is Cc1ccc(-c2nnc(SCC(=O)NC(=O)c3ccccc3)o2)cc1C. The smallest absolute Gasteiger partial charge is 0.277 e. The normalized spacial score (nSPS) is 10.5. The van der Waals surface area contributed by atoms with Gasteiger partial charge in [-0.1, -0.05) is 36.0 Å². The van der Waals surface area contributed by atoms with E-state index in [4.69, 9.17) is 4.42 Å². The Morgan fingerprint density at radius 3 is 2.54 bits per heavy atom. The maximum atomic E-state index is 11.9. The quantitative estimate of drug-likeness (QED) is 0.696. The highest BCUT2D eigenvalue weighted by Crippen LogP contribution is 2.24. The van der Waals surface area contributed by atoms with E-state index in [9.17, 15) is 9.59 Å². The number of carbonyl (C=O) groups is 2. The number of aryl methyl sites for hydroxylation is 2. The van der Waals surface area contributed by atoms with Gasteiger partial charge in [-0.15, -0.1) is 10.2 Å². The molecule has 0 aliphatic carbocycles. The number of nitrogens with zero attached hydrogens (tertiary/aromatic N) is 2. The van der Waals surface area contributed by atoms with Crippen molar-refractivity contribution in [3.8, 4) is 11.5 Å². The highest BCUT2D eigenvalue weighted by molar-refractivity contribution is 7.99. The molecular formula is C19H17N3O3S. The summed E-state index contributed by atoms with van der Waals surface area (Å²) in [6, 6.07) is 14.4. The predicted molar refractivity (Wildman–Crippen MR) is 98.8 cm³/mol. The van der Waals surface area contributed by atoms with E-state index < -0.39 is 11.8 Å². The Morgan fingerprint density at radius 1 is 1.04 bits per heavy atom. The van der Waals surface area contributed by atoms with Gasteiger partial charge in [-0.25, -0.2) is 0 Å². The molecule has 6 nitrogen and oxygen atoms in total. The van der Waals surface area contributed by atoms with Gasteiger partial charge < -0.3 is 4.42 Å². The molecule has 0 radical (unpaired) electrons. The zero-order chi connectivity index (χ0) is 18.5. The van der Waals surface area contributed by atoms with Crippen LogP contribution >= 0.6 is 11.8 Å². The van der Waals surface area contributed by atoms with Gasteiger partial charge in [0.25, 0.3) is 11.1 Å². The predicted octanol–water partition coefficient (Wildman–Crippen LogP) is 3.40. The molecule has 132 valence electrons. The first-order valence-electron chi connectivity index (χ1n) is 7.96. The number of hydrogen-bond acceptors (Lipinski definition) is 6. The first kappa shape index (κ1) is 17.9. The Morgan fingerprint density at radius 2 is 1.81 bits per heavy atom. The zero-order valence-corrected chi connectivity index (χ0v) is 15.2. The lowest BCUT2D eigenvalue weighted by molar-refractivity contribution is -0.117. The Kier molecular flexibility index (Phi) is 5.48. The number of amides is 2. The summed E-state index contributed by atoms with van der Waals surface area (Å²) in [5, 5.41) is 10.6. The van der Waals surface area contributed by atoms with Crippen molar-refractivity contribution in [1.82, 2.24) is 15.5 Å². The van der Waals surface area contributed by atoms with Crippen LogP contribution in [0.25, 0.3) is 11.5 Å². The van der Waals surface area contributed by atoms with Crippen molar-refractivity contribution in [2.75, 3.05) is 5.75 Å². The van der Waals surface area contributed by atoms with Crippen molar-refractivity contribution >= 4 is 23.6 Å². The Hall–Kier alpha value is -2.93. The molecule has 1 heterocycles. The lowest BCUT2D eigenvalue weighted by Crippen LogP contribution is -2.31. The van der Waals surface area contributed by atoms with Gasteiger partial charge in [0, 0.05) is 11.1 Å². The zero-order valence-electron chi connectivity index (χ0n) is 14.4. The minimum absolute atomic E-state index is 0.00708. The van der Waals surface area contributed by atoms with E-state index in [-0.39, 0.29) is 11.0 Å². The molecule has 3 rings (SSSR count). The number of carbonyl (C=O) groups excluding carboxylic acids is 2. The van der Waals surface area contributed by atoms with Gasteiger partial charge >= 0.3 is 0 Å². The standard InChI is InChI=1S/C19H17N3O3S/c1-12-8-9-15(10-13(12)2)18-21-22-19(25-18)26-11-16(23)20-17(24)14-6-4-3-5-7-14/h3-10H,11H2,1-2H3,(H,20,23,24). The van der Waals surface area contributed by atoms with Crippen LogP contribution < -0.4 is 5.32 Å². The summed E-state index contributed by atoms with van der Waals surface area (Å²) in [7, 11) is 0. The molecule has 26 heavy (non-hydrogen) atoms. The molecule has 0 unspecified atom stereocenters. The fourth-order valence-electron chi connectivity index (χ4n) is 2.21. The van der Waals surface area contributed by atoms with Crippen molar-refractivity contribution in [2.45, 2.75) is 19.1 Å². The summed E-state index contributed by atoms with van der Waals surface area (Å²) >= 11 is 1.08. The number of nitrogens with one attached hydrogen (secondary N) is 1. The molecule has 0 aliphatic rings. The van der Waals surface area contributed by atoms with Gasteiger partial charge in [0.15, 0.2) is 0 Å². The number of benzene rings is 2. The van der Waals surface area contributed by atoms with Crippen LogP contribution in [-0.4, -0.2) is 27.8 Å². The fourth-order valence-corrected chi connectivity index (χ4v) is 2.77. The molecule has 0 fully saturated rings. The number of imide groups is 1. The first-order chi connectivity index (χ1) is 12.5. The van der Waals surface area contributed by atoms with E-state index in [1.165, 1.54) is 5.56 Å². The summed E-state index contributed by atoms with van der Waals surface area (Å²) in [6.45, 7) is 4.04. The summed E-state index contributed by atoms with van der Waals surface area (Å²) in [5.41, 5.74) is 3.58. The summed E-state index contributed by atoms with van der Waals surface area (Å²) in [6.07, 6.45) is 0. The van der Waals surface area contributed by atoms with Crippen LogP contribution in [0.15, 0.2) is 58.2 Å². The summed E-state index contributed by atoms with van der Waals surface area (Å²) in [5.74, 6) is -0.448. The monoisotopic (exact) mass is 367 g/mol. The summed E-state index contributed by atoms with van der Waals surface area (Å²) < 4.78 is 5.58. The van der Waals surface area contributed by atoms with Crippen molar-refractivity contribution in [1.29, 1.82) is 0 Å². The fraction of sp³-hybridized carbons (Fsp3) is 0.158. The van der Waals surface area contributed by atoms with Crippen LogP contribution in [0.4, 0.5) is 0 Å². The van der Waals surface area contributed by atoms with Gasteiger partial charge in [0.1, 0.15) is 0 Å². The van der Waals surface area contributed by atoms with E-state index in [0.29, 0.717) is 11.5 Å². The third-order valence-electron chi connectivity index (χ3n) is 3.78. The average Bonchev–Trinajstić information content (AvgIpc) is 3.12. The van der Waals surface area contributed by atoms with Gasteiger partial charge in [-0.2, -0.15) is 0 Å². The molecule has 1 aromatic heterocycles. The van der Waals surface area contributed by atoms with Crippen LogP contribution in [0.1, 0.15) is 21.5 Å². The van der Waals surface area contributed by atoms with Gasteiger partial charge in [0.2, 0.25) is 11.8 Å². The number of rotatable bonds is 5. The molecule has 0 atom stereocenters. The molecule has 2 aromatic carbocycles. The maximum Gasteiger partial charge on any atom is 0.277 e. The molecule has 3 aromatic rings. The van der Waals surface area contributed by atoms with Crippen LogP contribution in [0.2, 0.25) is 0 Å². The topological polar surface area (TPSA) is 85.1 Å². The number of thioether (sulfide) groups is 1. The van der Waals surface area contributed by atoms with E-state index in [0.717, 1.165) is 22.9 Å². The van der Waals surface area contributed by atoms with Gasteiger partial charge in [-0.3, -0.25) is 14.9 Å². The van der Waals surface area contributed by atoms with E-state index in [1.54, 1.807) is 30.3 Å². The molecular weight excluding hydrogens is 350 g/mol. The van der Waals surface area contributed by atoms with Crippen molar-refractivity contribution in [2.24, 2.45) is 0 Å². The second-order valence-corrected chi connectivity index (χ2v) is 6.63. The molecule has 2 amide bonds. The maximum absolute atomic E-state index is 11.9. The molecule has 7 heteroatoms. The van der Waals surface area contributed by atoms with Crippen LogP contribution in [0.5, 0.6) is 0 Å². The molecule has 0 aliphatic heterocycles. The minimum Gasteiger partial charge on any atom is -0.411 e. The molecule has 0 spiro atoms. The lowest BCUT2D eigenvalue weighted by atomic mass is 10.1. The second-order valence-electron chi connectivity index (χ2n) is 5.70. The lowest BCUT2D eigenvalue weighted by Gasteiger charge is -2.02. The van der Waals surface area contributed by atoms with Gasteiger partial charge in [0.05, 0.1) is 5.75 Å². The minimum atomic E-state index is -0.433. The second kappa shape index (κ2) is 7.97. The van der Waals surface area contributed by atoms with Crippen LogP contribution in [0.3, 0.4) is 0 Å². The number of hydrogen-bond donors (Lipinski definition) is 1. The number of aromatic nitrogens is 2.